The highest BCUT2D eigenvalue weighted by molar-refractivity contribution is 7.81. The predicted octanol–water partition coefficient (Wildman–Crippen LogP) is 19.5. The summed E-state index contributed by atoms with van der Waals surface area (Å²) in [5.41, 5.74) is 13.6. The number of nitrogens with one attached hydrogen (secondary N) is 3. The van der Waals surface area contributed by atoms with E-state index >= 15 is 0 Å². The number of hydrogen-bond donors (Lipinski definition) is 3. The lowest BCUT2D eigenvalue weighted by molar-refractivity contribution is -0.137. The molecule has 7 aromatic carbocycles. The number of nitrogens with zero attached hydrogens (tertiary/aromatic N) is 3. The van der Waals surface area contributed by atoms with Crippen LogP contribution < -0.4 is 20.7 Å². The van der Waals surface area contributed by atoms with Gasteiger partial charge in [-0.15, -0.1) is 0 Å². The highest BCUT2D eigenvalue weighted by Gasteiger charge is 2.31. The third-order valence-corrected chi connectivity index (χ3v) is 15.0. The van der Waals surface area contributed by atoms with Gasteiger partial charge in [-0.1, -0.05) is 162 Å². The first-order valence-corrected chi connectivity index (χ1v) is 27.7. The zero-order chi connectivity index (χ0) is 57.8. The summed E-state index contributed by atoms with van der Waals surface area (Å²) in [5.74, 6) is 0.748. The van der Waals surface area contributed by atoms with Crippen LogP contribution in [0, 0.1) is 27.7 Å². The van der Waals surface area contributed by atoms with Crippen LogP contribution >= 0.6 is 71.5 Å². The molecule has 408 valence electrons. The van der Waals surface area contributed by atoms with Gasteiger partial charge in [0.2, 0.25) is 0 Å². The summed E-state index contributed by atoms with van der Waals surface area (Å²) < 4.78 is 44.4. The smallest absolute Gasteiger partial charge is 0.417 e. The Balaban J connectivity index is 0.000000159. The highest BCUT2D eigenvalue weighted by Crippen LogP contribution is 2.35. The molecular weight excluding hydrogens is 1140 g/mol. The zero-order valence-corrected chi connectivity index (χ0v) is 49.1. The molecule has 0 bridgehead atoms. The number of benzene rings is 7. The standard InChI is InChI=1S/C23H17ClN2S.C21H16ClF3N2S.C21H19ClN2OS/c1-15-6-2-4-8-19(15)23(27)20-11-10-17(13-21(20)24)26-18-12-16-7-3-5-9-22(16)25-14-18;1-12-5-3-4-6-16(12)20(28)17-8-7-15(10-18(17)22)27-19-9-14(21(23,24)25)11-26-13(19)2;1-3-25-20-10-11-23-13-19(20)24-15-8-9-17(18(22)12-15)21(26)16-7-5-4-6-14(16)2/h2-14,26H,1H3;3-11,27H,1-2H3;4-13,24H,3H2,1-2H3. The highest BCUT2D eigenvalue weighted by atomic mass is 35.5. The van der Waals surface area contributed by atoms with Crippen molar-refractivity contribution in [2.75, 3.05) is 22.6 Å². The maximum Gasteiger partial charge on any atom is 0.417 e. The normalized spacial score (nSPS) is 10.9. The lowest BCUT2D eigenvalue weighted by Gasteiger charge is -2.14. The molecule has 0 saturated heterocycles. The summed E-state index contributed by atoms with van der Waals surface area (Å²) in [4.78, 5) is 14.6. The molecule has 3 heterocycles. The maximum absolute atomic E-state index is 12.9. The van der Waals surface area contributed by atoms with Crippen molar-refractivity contribution in [3.63, 3.8) is 0 Å². The molecule has 0 aliphatic carbocycles. The van der Waals surface area contributed by atoms with E-state index < -0.39 is 11.7 Å². The molecule has 0 spiro atoms. The SMILES string of the molecule is CCOc1ccncc1Nc1ccc(C(=S)c2ccccc2C)c(Cl)c1.Cc1ccccc1C(=S)c1ccc(Nc2cc(C(F)(F)F)cnc2C)cc1Cl.Cc1ccccc1C(=S)c1ccc(Nc2cnc3ccccc3c2)cc1Cl. The van der Waals surface area contributed by atoms with Gasteiger partial charge in [-0.3, -0.25) is 15.0 Å². The second-order valence-corrected chi connectivity index (χ2v) is 20.9. The molecular formula is C65H52Cl3F3N6OS3. The van der Waals surface area contributed by atoms with Crippen molar-refractivity contribution < 1.29 is 17.9 Å². The Morgan fingerprint density at radius 2 is 0.938 bits per heavy atom. The van der Waals surface area contributed by atoms with Gasteiger partial charge < -0.3 is 20.7 Å². The average Bonchev–Trinajstić information content (AvgIpc) is 3.51. The summed E-state index contributed by atoms with van der Waals surface area (Å²) in [6.45, 7) is 10.2. The number of ether oxygens (including phenoxy) is 1. The van der Waals surface area contributed by atoms with Crippen molar-refractivity contribution in [2.24, 2.45) is 0 Å². The van der Waals surface area contributed by atoms with Crippen molar-refractivity contribution >= 4 is 131 Å². The Kier molecular flexibility index (Phi) is 20.0. The van der Waals surface area contributed by atoms with Crippen molar-refractivity contribution in [3.8, 4) is 5.75 Å². The fraction of sp³-hybridized carbons (Fsp3) is 0.108. The third kappa shape index (κ3) is 15.2. The van der Waals surface area contributed by atoms with Crippen molar-refractivity contribution in [3.05, 3.63) is 271 Å². The van der Waals surface area contributed by atoms with Gasteiger partial charge in [0, 0.05) is 57.6 Å². The molecule has 7 nitrogen and oxygen atoms in total. The van der Waals surface area contributed by atoms with Gasteiger partial charge in [-0.2, -0.15) is 13.2 Å². The molecule has 10 aromatic rings. The molecule has 0 unspecified atom stereocenters. The topological polar surface area (TPSA) is 84.0 Å². The maximum atomic E-state index is 12.9. The van der Waals surface area contributed by atoms with Crippen LogP contribution in [0.3, 0.4) is 0 Å². The summed E-state index contributed by atoms with van der Waals surface area (Å²) in [7, 11) is 0. The van der Waals surface area contributed by atoms with Gasteiger partial charge in [0.1, 0.15) is 5.75 Å². The summed E-state index contributed by atoms with van der Waals surface area (Å²) in [6.07, 6.45) is 1.61. The summed E-state index contributed by atoms with van der Waals surface area (Å²) >= 11 is 36.4. The lowest BCUT2D eigenvalue weighted by atomic mass is 10.00. The minimum Gasteiger partial charge on any atom is -0.492 e. The minimum atomic E-state index is -4.46. The molecule has 3 aromatic heterocycles. The Labute approximate surface area is 500 Å². The van der Waals surface area contributed by atoms with Crippen molar-refractivity contribution in [1.29, 1.82) is 0 Å². The van der Waals surface area contributed by atoms with E-state index in [4.69, 9.17) is 76.2 Å². The van der Waals surface area contributed by atoms with E-state index in [1.165, 1.54) is 0 Å². The first kappa shape index (κ1) is 59.5. The lowest BCUT2D eigenvalue weighted by Crippen LogP contribution is -2.08. The van der Waals surface area contributed by atoms with Gasteiger partial charge >= 0.3 is 6.18 Å². The number of aromatic nitrogens is 3. The molecule has 0 aliphatic rings. The molecule has 16 heteroatoms. The Morgan fingerprint density at radius 3 is 1.41 bits per heavy atom. The first-order valence-electron chi connectivity index (χ1n) is 25.3. The molecule has 81 heavy (non-hydrogen) atoms. The largest absolute Gasteiger partial charge is 0.492 e. The number of aryl methyl sites for hydroxylation is 4. The van der Waals surface area contributed by atoms with Crippen LogP contribution in [0.2, 0.25) is 15.1 Å². The number of thiocarbonyl (C=S) groups is 3. The number of alkyl halides is 3. The van der Waals surface area contributed by atoms with E-state index in [1.54, 1.807) is 37.5 Å². The second-order valence-electron chi connectivity index (χ2n) is 18.5. The van der Waals surface area contributed by atoms with Crippen LogP contribution in [0.4, 0.5) is 47.3 Å². The number of fused-ring (bicyclic) bond motifs is 1. The Bertz CT molecular complexity index is 3950. The van der Waals surface area contributed by atoms with E-state index in [-0.39, 0.29) is 5.69 Å². The molecule has 0 radical (unpaired) electrons. The average molecular weight is 1190 g/mol. The van der Waals surface area contributed by atoms with Gasteiger partial charge in [0.05, 0.1) is 82.5 Å². The third-order valence-electron chi connectivity index (χ3n) is 12.7. The number of rotatable bonds is 14. The van der Waals surface area contributed by atoms with Gasteiger partial charge in [-0.25, -0.2) is 0 Å². The van der Waals surface area contributed by atoms with Crippen molar-refractivity contribution in [2.45, 2.75) is 40.8 Å². The van der Waals surface area contributed by atoms with Crippen LogP contribution in [0.25, 0.3) is 10.9 Å². The van der Waals surface area contributed by atoms with E-state index in [0.717, 1.165) is 106 Å². The quantitative estimate of drug-likeness (QED) is 0.0723. The number of para-hydroxylation sites is 1. The molecule has 0 amide bonds. The Morgan fingerprint density at radius 1 is 0.481 bits per heavy atom. The van der Waals surface area contributed by atoms with Crippen LogP contribution in [-0.4, -0.2) is 36.2 Å². The van der Waals surface area contributed by atoms with Crippen LogP contribution in [0.5, 0.6) is 5.75 Å². The number of halogens is 6. The molecule has 0 saturated carbocycles. The fourth-order valence-corrected chi connectivity index (χ4v) is 10.7. The van der Waals surface area contributed by atoms with E-state index in [2.05, 4.69) is 50.0 Å². The van der Waals surface area contributed by atoms with Gasteiger partial charge in [-0.05, 0) is 141 Å². The van der Waals surface area contributed by atoms with Crippen molar-refractivity contribution in [1.82, 2.24) is 15.0 Å². The molecule has 0 atom stereocenters. The number of anilines is 6. The molecule has 0 fully saturated rings. The monoisotopic (exact) mass is 1190 g/mol. The van der Waals surface area contributed by atoms with Gasteiger partial charge in [0.15, 0.2) is 0 Å². The molecule has 3 N–H and O–H groups in total. The van der Waals surface area contributed by atoms with Crippen LogP contribution in [-0.2, 0) is 6.18 Å². The summed E-state index contributed by atoms with van der Waals surface area (Å²) in [6, 6.07) is 53.6. The minimum absolute atomic E-state index is 0.264. The fourth-order valence-electron chi connectivity index (χ4n) is 8.44. The molecule has 0 aliphatic heterocycles. The molecule has 10 rings (SSSR count). The Hall–Kier alpha value is -7.62. The van der Waals surface area contributed by atoms with E-state index in [1.807, 2.05) is 160 Å². The predicted molar refractivity (Wildman–Crippen MR) is 341 cm³/mol. The van der Waals surface area contributed by atoms with E-state index in [0.29, 0.717) is 43.5 Å². The van der Waals surface area contributed by atoms with Gasteiger partial charge in [0.25, 0.3) is 0 Å². The van der Waals surface area contributed by atoms with Crippen LogP contribution in [0.1, 0.15) is 68.3 Å². The van der Waals surface area contributed by atoms with Crippen LogP contribution in [0.15, 0.2) is 195 Å². The first-order chi connectivity index (χ1) is 38.9. The summed E-state index contributed by atoms with van der Waals surface area (Å²) in [5, 5.41) is 12.3. The second kappa shape index (κ2) is 27.2. The number of hydrogen-bond acceptors (Lipinski definition) is 10. The van der Waals surface area contributed by atoms with E-state index in [9.17, 15) is 13.2 Å². The zero-order valence-electron chi connectivity index (χ0n) is 44.4. The number of pyridine rings is 3.